The third-order valence-corrected chi connectivity index (χ3v) is 3.83. The smallest absolute Gasteiger partial charge is 0.136 e. The minimum Gasteiger partial charge on any atom is -0.494 e. The molecule has 23 heavy (non-hydrogen) atoms. The lowest BCUT2D eigenvalue weighted by atomic mass is 10.0. The number of rotatable bonds is 3. The Morgan fingerprint density at radius 1 is 1.09 bits per heavy atom. The summed E-state index contributed by atoms with van der Waals surface area (Å²) in [6.07, 6.45) is 0. The summed E-state index contributed by atoms with van der Waals surface area (Å²) in [5.74, 6) is 0.406. The molecule has 3 rings (SSSR count). The van der Waals surface area contributed by atoms with Gasteiger partial charge in [-0.1, -0.05) is 12.1 Å². The Bertz CT molecular complexity index is 893. The zero-order valence-electron chi connectivity index (χ0n) is 13.1. The van der Waals surface area contributed by atoms with E-state index in [1.165, 1.54) is 6.07 Å². The van der Waals surface area contributed by atoms with Crippen molar-refractivity contribution in [1.82, 2.24) is 4.98 Å². The van der Waals surface area contributed by atoms with Crippen molar-refractivity contribution in [3.8, 4) is 17.0 Å². The molecule has 0 aliphatic carbocycles. The summed E-state index contributed by atoms with van der Waals surface area (Å²) in [5, 5.41) is 1.55. The first-order valence-electron chi connectivity index (χ1n) is 7.39. The number of nitrogen functional groups attached to an aromatic ring is 2. The highest BCUT2D eigenvalue weighted by Crippen LogP contribution is 2.33. The highest BCUT2D eigenvalue weighted by Gasteiger charge is 2.13. The highest BCUT2D eigenvalue weighted by molar-refractivity contribution is 6.01. The fraction of sp³-hybridized carbons (Fsp3) is 0.167. The largest absolute Gasteiger partial charge is 0.494 e. The Morgan fingerprint density at radius 2 is 1.87 bits per heavy atom. The van der Waals surface area contributed by atoms with E-state index in [0.29, 0.717) is 35.1 Å². The number of halogens is 1. The maximum absolute atomic E-state index is 14.4. The number of benzene rings is 2. The van der Waals surface area contributed by atoms with Crippen LogP contribution >= 0.6 is 0 Å². The van der Waals surface area contributed by atoms with Crippen LogP contribution in [0.15, 0.2) is 36.4 Å². The number of aryl methyl sites for hydroxylation is 1. The van der Waals surface area contributed by atoms with E-state index in [2.05, 4.69) is 4.98 Å². The minimum atomic E-state index is -0.409. The van der Waals surface area contributed by atoms with Crippen molar-refractivity contribution in [2.75, 3.05) is 18.1 Å². The van der Waals surface area contributed by atoms with Crippen LogP contribution in [-0.2, 0) is 0 Å². The maximum Gasteiger partial charge on any atom is 0.136 e. The standard InChI is InChI=1S/C18H18FN3O/c1-3-23-11-5-7-13(15(19)8-11)16-9-14-12(18(21)22-16)6-4-10(2)17(14)20/h4-9H,3,20H2,1-2H3,(H2,21,22). The van der Waals surface area contributed by atoms with Crippen molar-refractivity contribution in [2.45, 2.75) is 13.8 Å². The van der Waals surface area contributed by atoms with Crippen LogP contribution in [0.2, 0.25) is 0 Å². The Morgan fingerprint density at radius 3 is 2.57 bits per heavy atom. The van der Waals surface area contributed by atoms with Crippen molar-refractivity contribution in [3.63, 3.8) is 0 Å². The molecule has 0 aliphatic rings. The van der Waals surface area contributed by atoms with Gasteiger partial charge in [-0.2, -0.15) is 0 Å². The first-order chi connectivity index (χ1) is 11.0. The average Bonchev–Trinajstić information content (AvgIpc) is 2.51. The van der Waals surface area contributed by atoms with Crippen molar-refractivity contribution in [3.05, 3.63) is 47.8 Å². The van der Waals surface area contributed by atoms with E-state index in [-0.39, 0.29) is 0 Å². The SMILES string of the molecule is CCOc1ccc(-c2cc3c(N)c(C)ccc3c(N)n2)c(F)c1. The monoisotopic (exact) mass is 311 g/mol. The van der Waals surface area contributed by atoms with Crippen molar-refractivity contribution in [1.29, 1.82) is 0 Å². The third-order valence-electron chi connectivity index (χ3n) is 3.83. The minimum absolute atomic E-state index is 0.331. The number of nitrogens with two attached hydrogens (primary N) is 2. The second-order valence-electron chi connectivity index (χ2n) is 5.36. The molecule has 3 aromatic rings. The van der Waals surface area contributed by atoms with Gasteiger partial charge in [-0.3, -0.25) is 0 Å². The summed E-state index contributed by atoms with van der Waals surface area (Å²) >= 11 is 0. The molecule has 0 aliphatic heterocycles. The van der Waals surface area contributed by atoms with E-state index >= 15 is 0 Å². The molecule has 1 aromatic heterocycles. The van der Waals surface area contributed by atoms with Crippen molar-refractivity contribution in [2.24, 2.45) is 0 Å². The van der Waals surface area contributed by atoms with E-state index in [9.17, 15) is 4.39 Å². The molecule has 0 fully saturated rings. The van der Waals surface area contributed by atoms with E-state index in [1.807, 2.05) is 26.0 Å². The molecule has 4 N–H and O–H groups in total. The van der Waals surface area contributed by atoms with Gasteiger partial charge < -0.3 is 16.2 Å². The number of hydrogen-bond donors (Lipinski definition) is 2. The summed E-state index contributed by atoms with van der Waals surface area (Å²) < 4.78 is 19.7. The number of pyridine rings is 1. The summed E-state index contributed by atoms with van der Waals surface area (Å²) in [6.45, 7) is 4.25. The lowest BCUT2D eigenvalue weighted by Gasteiger charge is -2.11. The zero-order chi connectivity index (χ0) is 16.6. The molecule has 0 amide bonds. The molecule has 1 heterocycles. The third kappa shape index (κ3) is 2.65. The van der Waals surface area contributed by atoms with Crippen molar-refractivity contribution >= 4 is 22.3 Å². The molecule has 2 aromatic carbocycles. The molecule has 118 valence electrons. The Balaban J connectivity index is 2.19. The van der Waals surface area contributed by atoms with Crippen LogP contribution < -0.4 is 16.2 Å². The van der Waals surface area contributed by atoms with Gasteiger partial charge in [0.25, 0.3) is 0 Å². The first kappa shape index (κ1) is 15.1. The van der Waals surface area contributed by atoms with Crippen LogP contribution in [0, 0.1) is 12.7 Å². The number of hydrogen-bond acceptors (Lipinski definition) is 4. The molecule has 0 bridgehead atoms. The van der Waals surface area contributed by atoms with Gasteiger partial charge in [-0.25, -0.2) is 9.37 Å². The molecule has 0 atom stereocenters. The predicted molar refractivity (Wildman–Crippen MR) is 91.9 cm³/mol. The maximum atomic E-state index is 14.4. The van der Waals surface area contributed by atoms with E-state index in [1.54, 1.807) is 18.2 Å². The van der Waals surface area contributed by atoms with Crippen LogP contribution in [0.25, 0.3) is 22.0 Å². The quantitative estimate of drug-likeness (QED) is 0.719. The topological polar surface area (TPSA) is 74.2 Å². The Labute approximate surface area is 133 Å². The fourth-order valence-corrected chi connectivity index (χ4v) is 2.58. The van der Waals surface area contributed by atoms with Crippen LogP contribution in [0.1, 0.15) is 12.5 Å². The molecule has 0 saturated heterocycles. The van der Waals surface area contributed by atoms with E-state index in [4.69, 9.17) is 16.2 Å². The lowest BCUT2D eigenvalue weighted by Crippen LogP contribution is -1.99. The van der Waals surface area contributed by atoms with Crippen LogP contribution in [0.5, 0.6) is 5.75 Å². The number of ether oxygens (including phenoxy) is 1. The van der Waals surface area contributed by atoms with Gasteiger partial charge in [0.15, 0.2) is 0 Å². The summed E-state index contributed by atoms with van der Waals surface area (Å²) in [6, 6.07) is 10.2. The first-order valence-corrected chi connectivity index (χ1v) is 7.39. The van der Waals surface area contributed by atoms with Gasteiger partial charge >= 0.3 is 0 Å². The average molecular weight is 311 g/mol. The number of aromatic nitrogens is 1. The molecule has 0 spiro atoms. The van der Waals surface area contributed by atoms with Crippen molar-refractivity contribution < 1.29 is 9.13 Å². The second kappa shape index (κ2) is 5.76. The number of anilines is 2. The number of nitrogens with zero attached hydrogens (tertiary/aromatic N) is 1. The van der Waals surface area contributed by atoms with Crippen LogP contribution in [0.4, 0.5) is 15.9 Å². The molecular formula is C18H18FN3O. The van der Waals surface area contributed by atoms with Gasteiger partial charge in [0.05, 0.1) is 12.3 Å². The molecule has 4 nitrogen and oxygen atoms in total. The highest BCUT2D eigenvalue weighted by atomic mass is 19.1. The molecule has 0 radical (unpaired) electrons. The zero-order valence-corrected chi connectivity index (χ0v) is 13.1. The lowest BCUT2D eigenvalue weighted by molar-refractivity contribution is 0.338. The van der Waals surface area contributed by atoms with E-state index < -0.39 is 5.82 Å². The second-order valence-corrected chi connectivity index (χ2v) is 5.36. The molecule has 5 heteroatoms. The summed E-state index contributed by atoms with van der Waals surface area (Å²) in [4.78, 5) is 4.32. The van der Waals surface area contributed by atoms with Crippen LogP contribution in [0.3, 0.4) is 0 Å². The predicted octanol–water partition coefficient (Wildman–Crippen LogP) is 3.91. The van der Waals surface area contributed by atoms with Gasteiger partial charge in [-0.15, -0.1) is 0 Å². The van der Waals surface area contributed by atoms with Gasteiger partial charge in [0, 0.05) is 28.1 Å². The summed E-state index contributed by atoms with van der Waals surface area (Å²) in [7, 11) is 0. The Kier molecular flexibility index (Phi) is 3.78. The molecular weight excluding hydrogens is 293 g/mol. The van der Waals surface area contributed by atoms with Gasteiger partial charge in [0.2, 0.25) is 0 Å². The molecule has 0 unspecified atom stereocenters. The van der Waals surface area contributed by atoms with Gasteiger partial charge in [0.1, 0.15) is 17.4 Å². The molecule has 0 saturated carbocycles. The fourth-order valence-electron chi connectivity index (χ4n) is 2.58. The Hall–Kier alpha value is -2.82. The number of fused-ring (bicyclic) bond motifs is 1. The summed E-state index contributed by atoms with van der Waals surface area (Å²) in [5.41, 5.74) is 14.6. The normalized spacial score (nSPS) is 10.9. The van der Waals surface area contributed by atoms with Crippen LogP contribution in [-0.4, -0.2) is 11.6 Å². The van der Waals surface area contributed by atoms with E-state index in [0.717, 1.165) is 16.3 Å². The van der Waals surface area contributed by atoms with Gasteiger partial charge in [-0.05, 0) is 37.6 Å².